The van der Waals surface area contributed by atoms with E-state index in [2.05, 4.69) is 4.40 Å². The number of rotatable bonds is 5. The minimum atomic E-state index is -4.51. The predicted molar refractivity (Wildman–Crippen MR) is 107 cm³/mol. The first-order valence-corrected chi connectivity index (χ1v) is 9.67. The van der Waals surface area contributed by atoms with Gasteiger partial charge in [0.25, 0.3) is 0 Å². The molecule has 29 heavy (non-hydrogen) atoms. The molecule has 0 aliphatic rings. The predicted octanol–water partition coefficient (Wildman–Crippen LogP) is 7.63. The topological polar surface area (TPSA) is 12.4 Å². The van der Waals surface area contributed by atoms with Crippen LogP contribution in [0, 0.1) is 11.6 Å². The van der Waals surface area contributed by atoms with E-state index < -0.39 is 29.5 Å². The van der Waals surface area contributed by atoms with Gasteiger partial charge in [0.1, 0.15) is 11.6 Å². The summed E-state index contributed by atoms with van der Waals surface area (Å²) >= 11 is 1.10. The van der Waals surface area contributed by atoms with Crippen LogP contribution in [0.4, 0.5) is 26.3 Å². The van der Waals surface area contributed by atoms with Gasteiger partial charge >= 0.3 is 12.3 Å². The van der Waals surface area contributed by atoms with Gasteiger partial charge in [-0.05, 0) is 75.2 Å². The van der Waals surface area contributed by atoms with E-state index in [1.807, 2.05) is 34.6 Å². The fourth-order valence-corrected chi connectivity index (χ4v) is 2.68. The maximum absolute atomic E-state index is 13.9. The number of nitrogens with zero attached hydrogens (tertiary/aromatic N) is 1. The van der Waals surface area contributed by atoms with Crippen molar-refractivity contribution in [1.29, 1.82) is 0 Å². The first-order chi connectivity index (χ1) is 13.4. The maximum atomic E-state index is 13.9. The first-order valence-electron chi connectivity index (χ1n) is 8.89. The van der Waals surface area contributed by atoms with Crippen LogP contribution in [0.2, 0.25) is 0 Å². The number of halogens is 6. The van der Waals surface area contributed by atoms with E-state index in [1.165, 1.54) is 12.1 Å². The van der Waals surface area contributed by atoms with Crippen molar-refractivity contribution in [1.82, 2.24) is 0 Å². The van der Waals surface area contributed by atoms with Crippen LogP contribution in [0.25, 0.3) is 0 Å². The van der Waals surface area contributed by atoms with Crippen LogP contribution in [0.15, 0.2) is 46.9 Å². The first kappa shape index (κ1) is 25.1. The Hall–Kier alpha value is -1.96. The summed E-state index contributed by atoms with van der Waals surface area (Å²) in [4.78, 5) is 0. The summed E-state index contributed by atoms with van der Waals surface area (Å²) in [6.45, 7) is 9.56. The zero-order valence-corrected chi connectivity index (χ0v) is 17.6. The molecule has 0 spiro atoms. The maximum Gasteiger partial charge on any atom is 0.332 e. The minimum absolute atomic E-state index is 0.0840. The van der Waals surface area contributed by atoms with Gasteiger partial charge in [-0.25, -0.2) is 22.0 Å². The Labute approximate surface area is 171 Å². The molecule has 0 bridgehead atoms. The third-order valence-electron chi connectivity index (χ3n) is 3.36. The van der Waals surface area contributed by atoms with Crippen LogP contribution < -0.4 is 0 Å². The van der Waals surface area contributed by atoms with Crippen molar-refractivity contribution in [2.75, 3.05) is 0 Å². The molecule has 0 fully saturated rings. The molecule has 0 N–H and O–H groups in total. The van der Waals surface area contributed by atoms with E-state index in [0.717, 1.165) is 36.2 Å². The van der Waals surface area contributed by atoms with Gasteiger partial charge in [0.05, 0.1) is 5.71 Å². The molecule has 2 aromatic carbocycles. The third-order valence-corrected chi connectivity index (χ3v) is 4.18. The average molecular weight is 435 g/mol. The Morgan fingerprint density at radius 2 is 1.41 bits per heavy atom. The molecular weight excluding hydrogens is 412 g/mol. The molecule has 0 saturated carbocycles. The largest absolute Gasteiger partial charge is 0.332 e. The highest BCUT2D eigenvalue weighted by atomic mass is 32.2. The second kappa shape index (κ2) is 10.2. The highest BCUT2D eigenvalue weighted by Crippen LogP contribution is 2.36. The molecule has 0 aliphatic heterocycles. The van der Waals surface area contributed by atoms with Crippen molar-refractivity contribution in [3.63, 3.8) is 0 Å². The second-order valence-corrected chi connectivity index (χ2v) is 8.39. The standard InChI is InChI=1S/C19H17F6NS.C2H6/c1-18(2,3)27-26-16(11-4-6-14(20)7-5-11)12-8-13(10-15(21)9-12)19(24,25)17(22)23;1-2/h4-10,17H,1-3H3;1-2H3/b26-16-;. The Kier molecular flexibility index (Phi) is 8.81. The van der Waals surface area contributed by atoms with Gasteiger partial charge < -0.3 is 0 Å². The van der Waals surface area contributed by atoms with Gasteiger partial charge in [0.15, 0.2) is 0 Å². The molecule has 2 aromatic rings. The minimum Gasteiger partial charge on any atom is -0.215 e. The lowest BCUT2D eigenvalue weighted by Crippen LogP contribution is -2.24. The van der Waals surface area contributed by atoms with Crippen molar-refractivity contribution in [2.45, 2.75) is 51.7 Å². The molecule has 0 aromatic heterocycles. The molecule has 160 valence electrons. The highest BCUT2D eigenvalue weighted by Gasteiger charge is 2.43. The molecule has 2 rings (SSSR count). The molecule has 0 aliphatic carbocycles. The van der Waals surface area contributed by atoms with Crippen LogP contribution >= 0.6 is 11.9 Å². The van der Waals surface area contributed by atoms with Gasteiger partial charge in [-0.15, -0.1) is 0 Å². The molecule has 0 amide bonds. The molecule has 0 heterocycles. The van der Waals surface area contributed by atoms with E-state index in [9.17, 15) is 26.3 Å². The van der Waals surface area contributed by atoms with Gasteiger partial charge in [0, 0.05) is 21.4 Å². The Balaban J connectivity index is 0.00000204. The van der Waals surface area contributed by atoms with Crippen molar-refractivity contribution >= 4 is 17.7 Å². The quantitative estimate of drug-likeness (QED) is 0.267. The molecule has 0 radical (unpaired) electrons. The number of hydrogen-bond donors (Lipinski definition) is 0. The van der Waals surface area contributed by atoms with Crippen molar-refractivity contribution in [3.05, 3.63) is 70.8 Å². The van der Waals surface area contributed by atoms with E-state index in [1.54, 1.807) is 0 Å². The number of hydrogen-bond acceptors (Lipinski definition) is 2. The van der Waals surface area contributed by atoms with E-state index in [-0.39, 0.29) is 16.0 Å². The lowest BCUT2D eigenvalue weighted by molar-refractivity contribution is -0.135. The Bertz CT molecular complexity index is 826. The summed E-state index contributed by atoms with van der Waals surface area (Å²) in [5, 5.41) is 0. The van der Waals surface area contributed by atoms with Gasteiger partial charge in [-0.3, -0.25) is 0 Å². The van der Waals surface area contributed by atoms with Crippen LogP contribution in [0.3, 0.4) is 0 Å². The number of alkyl halides is 4. The van der Waals surface area contributed by atoms with Crippen molar-refractivity contribution in [3.8, 4) is 0 Å². The zero-order valence-electron chi connectivity index (χ0n) is 16.7. The summed E-state index contributed by atoms with van der Waals surface area (Å²) < 4.78 is 83.9. The monoisotopic (exact) mass is 435 g/mol. The van der Waals surface area contributed by atoms with Crippen LogP contribution in [-0.4, -0.2) is 16.9 Å². The van der Waals surface area contributed by atoms with E-state index >= 15 is 0 Å². The third kappa shape index (κ3) is 7.10. The van der Waals surface area contributed by atoms with E-state index in [0.29, 0.717) is 11.6 Å². The number of benzene rings is 2. The van der Waals surface area contributed by atoms with Crippen LogP contribution in [0.5, 0.6) is 0 Å². The molecule has 0 atom stereocenters. The lowest BCUT2D eigenvalue weighted by atomic mass is 9.98. The summed E-state index contributed by atoms with van der Waals surface area (Å²) in [6.07, 6.45) is -3.98. The smallest absolute Gasteiger partial charge is 0.215 e. The SMILES string of the molecule is CC.CC(C)(C)S/N=C(/c1ccc(F)cc1)c1cc(F)cc(C(F)(F)C(F)F)c1. The summed E-state index contributed by atoms with van der Waals surface area (Å²) in [5.74, 6) is -6.13. The summed E-state index contributed by atoms with van der Waals surface area (Å²) in [6, 6.07) is 7.06. The highest BCUT2D eigenvalue weighted by molar-refractivity contribution is 7.99. The van der Waals surface area contributed by atoms with E-state index in [4.69, 9.17) is 0 Å². The van der Waals surface area contributed by atoms with Crippen molar-refractivity contribution in [2.24, 2.45) is 4.40 Å². The molecule has 8 heteroatoms. The Morgan fingerprint density at radius 1 is 0.862 bits per heavy atom. The van der Waals surface area contributed by atoms with Crippen LogP contribution in [0.1, 0.15) is 51.3 Å². The Morgan fingerprint density at radius 3 is 1.90 bits per heavy atom. The normalized spacial score (nSPS) is 12.6. The molecule has 0 unspecified atom stereocenters. The molecular formula is C21H23F6NS. The average Bonchev–Trinajstić information content (AvgIpc) is 2.63. The second-order valence-electron chi connectivity index (χ2n) is 6.80. The lowest BCUT2D eigenvalue weighted by Gasteiger charge is -2.18. The fraction of sp³-hybridized carbons (Fsp3) is 0.381. The summed E-state index contributed by atoms with van der Waals surface area (Å²) in [5.41, 5.74) is -0.831. The van der Waals surface area contributed by atoms with Gasteiger partial charge in [0.2, 0.25) is 0 Å². The van der Waals surface area contributed by atoms with Gasteiger partial charge in [-0.1, -0.05) is 13.8 Å². The molecule has 1 nitrogen and oxygen atoms in total. The molecule has 0 saturated heterocycles. The van der Waals surface area contributed by atoms with Gasteiger partial charge in [-0.2, -0.15) is 8.78 Å². The zero-order chi connectivity index (χ0) is 22.4. The van der Waals surface area contributed by atoms with Crippen molar-refractivity contribution < 1.29 is 26.3 Å². The van der Waals surface area contributed by atoms with Crippen LogP contribution in [-0.2, 0) is 5.92 Å². The fourth-order valence-electron chi connectivity index (χ4n) is 2.11. The summed E-state index contributed by atoms with van der Waals surface area (Å²) in [7, 11) is 0.